The molecule has 0 atom stereocenters. The molecule has 3 nitrogen and oxygen atoms in total. The van der Waals surface area contributed by atoms with Gasteiger partial charge in [0.1, 0.15) is 0 Å². The molecule has 0 saturated heterocycles. The van der Waals surface area contributed by atoms with E-state index in [1.54, 1.807) is 6.08 Å². The average Bonchev–Trinajstić information content (AvgIpc) is 3.64. The number of rotatable bonds is 3. The second kappa shape index (κ2) is 11.3. The fourth-order valence-corrected chi connectivity index (χ4v) is 7.80. The zero-order valence-corrected chi connectivity index (χ0v) is 26.2. The lowest BCUT2D eigenvalue weighted by atomic mass is 9.96. The molecule has 2 aromatic heterocycles. The molecular formula is C42H31N3S. The van der Waals surface area contributed by atoms with Gasteiger partial charge in [0.25, 0.3) is 0 Å². The van der Waals surface area contributed by atoms with E-state index in [9.17, 15) is 0 Å². The fourth-order valence-electron chi connectivity index (χ4n) is 6.67. The number of hydrogen-bond acceptors (Lipinski definition) is 3. The third kappa shape index (κ3) is 4.63. The predicted octanol–water partition coefficient (Wildman–Crippen LogP) is 11.1. The molecule has 0 bridgehead atoms. The first-order chi connectivity index (χ1) is 22.6. The van der Waals surface area contributed by atoms with Crippen molar-refractivity contribution in [2.75, 3.05) is 0 Å². The van der Waals surface area contributed by atoms with Crippen molar-refractivity contribution in [1.29, 1.82) is 5.41 Å². The highest BCUT2D eigenvalue weighted by atomic mass is 32.1. The van der Waals surface area contributed by atoms with Crippen LogP contribution in [0.1, 0.15) is 11.1 Å². The predicted molar refractivity (Wildman–Crippen MR) is 200 cm³/mol. The van der Waals surface area contributed by atoms with Gasteiger partial charge in [-0.25, -0.2) is 0 Å². The van der Waals surface area contributed by atoms with E-state index in [-0.39, 0.29) is 0 Å². The van der Waals surface area contributed by atoms with Gasteiger partial charge in [-0.1, -0.05) is 121 Å². The number of hydrogen-bond donors (Lipinski definition) is 2. The molecule has 4 heteroatoms. The van der Waals surface area contributed by atoms with Crippen molar-refractivity contribution in [3.8, 4) is 0 Å². The van der Waals surface area contributed by atoms with Crippen LogP contribution in [0, 0.1) is 5.41 Å². The molecular weight excluding hydrogens is 579 g/mol. The Bertz CT molecular complexity index is 2610. The van der Waals surface area contributed by atoms with Gasteiger partial charge in [0, 0.05) is 54.7 Å². The van der Waals surface area contributed by atoms with Gasteiger partial charge in [-0.05, 0) is 63.0 Å². The maximum atomic E-state index is 7.95. The summed E-state index contributed by atoms with van der Waals surface area (Å²) in [5.74, 6) is 0. The van der Waals surface area contributed by atoms with E-state index in [4.69, 9.17) is 11.1 Å². The highest BCUT2D eigenvalue weighted by Crippen LogP contribution is 2.42. The number of nitrogens with one attached hydrogen (secondary N) is 1. The summed E-state index contributed by atoms with van der Waals surface area (Å²) in [7, 11) is 2.17. The molecule has 3 N–H and O–H groups in total. The Balaban J connectivity index is 0.000000158. The minimum atomic E-state index is 0.423. The van der Waals surface area contributed by atoms with E-state index in [0.29, 0.717) is 11.4 Å². The van der Waals surface area contributed by atoms with Gasteiger partial charge >= 0.3 is 0 Å². The average molecular weight is 610 g/mol. The van der Waals surface area contributed by atoms with Crippen molar-refractivity contribution in [2.45, 2.75) is 0 Å². The summed E-state index contributed by atoms with van der Waals surface area (Å²) in [5.41, 5.74) is 11.4. The summed E-state index contributed by atoms with van der Waals surface area (Å²) in [4.78, 5) is 0. The van der Waals surface area contributed by atoms with Crippen LogP contribution in [0.25, 0.3) is 69.2 Å². The minimum absolute atomic E-state index is 0.423. The van der Waals surface area contributed by atoms with E-state index < -0.39 is 0 Å². The van der Waals surface area contributed by atoms with Crippen molar-refractivity contribution < 1.29 is 0 Å². The first kappa shape index (κ1) is 27.8. The molecule has 0 aliphatic carbocycles. The third-order valence-corrected chi connectivity index (χ3v) is 10.0. The summed E-state index contributed by atoms with van der Waals surface area (Å²) in [6.45, 7) is 0. The Morgan fingerprint density at radius 3 is 1.83 bits per heavy atom. The topological polar surface area (TPSA) is 54.8 Å². The maximum Gasteiger partial charge on any atom is 0.0632 e. The zero-order chi connectivity index (χ0) is 31.2. The zero-order valence-electron chi connectivity index (χ0n) is 25.4. The number of para-hydroxylation sites is 1. The van der Waals surface area contributed by atoms with Crippen LogP contribution in [0.15, 0.2) is 152 Å². The van der Waals surface area contributed by atoms with Gasteiger partial charge < -0.3 is 15.7 Å². The van der Waals surface area contributed by atoms with Crippen LogP contribution in [0.2, 0.25) is 0 Å². The van der Waals surface area contributed by atoms with Crippen LogP contribution in [0.3, 0.4) is 0 Å². The Morgan fingerprint density at radius 1 is 0.522 bits per heavy atom. The number of aryl methyl sites for hydroxylation is 1. The third-order valence-electron chi connectivity index (χ3n) is 8.90. The number of benzene rings is 7. The van der Waals surface area contributed by atoms with E-state index in [1.807, 2.05) is 72.0 Å². The van der Waals surface area contributed by atoms with Crippen molar-refractivity contribution in [3.05, 3.63) is 163 Å². The lowest BCUT2D eigenvalue weighted by molar-refractivity contribution is 1.01. The molecule has 7 aromatic carbocycles. The maximum absolute atomic E-state index is 7.95. The second-order valence-corrected chi connectivity index (χ2v) is 12.7. The van der Waals surface area contributed by atoms with Gasteiger partial charge in [-0.2, -0.15) is 0 Å². The van der Waals surface area contributed by atoms with Gasteiger partial charge in [0.2, 0.25) is 0 Å². The lowest BCUT2D eigenvalue weighted by Gasteiger charge is -2.08. The molecule has 0 radical (unpaired) electrons. The number of nitrogens with two attached hydrogens (primary N) is 1. The van der Waals surface area contributed by atoms with Gasteiger partial charge in [-0.15, -0.1) is 11.3 Å². The number of thiophene rings is 1. The summed E-state index contributed by atoms with van der Waals surface area (Å²) < 4.78 is 5.04. The molecule has 0 aliphatic rings. The standard InChI is InChI=1S/C27H17NS.C15H14N2/c1-28-22-8-4-2-6-20(22)26-18-10-11-19-17(16(18)12-14-23(26)28)13-15-25-27(19)21-7-3-5-9-24(21)29-25;16-14(12-7-3-1-4-8-12)11-15(17)13-9-5-2-6-10-13/h2-15H,1H3;1-11,16H,17H2/b;15-11-,16-14?. The Labute approximate surface area is 270 Å². The highest BCUT2D eigenvalue weighted by molar-refractivity contribution is 7.26. The summed E-state index contributed by atoms with van der Waals surface area (Å²) in [5, 5.41) is 18.8. The van der Waals surface area contributed by atoms with Crippen molar-refractivity contribution >= 4 is 86.3 Å². The van der Waals surface area contributed by atoms with Crippen molar-refractivity contribution in [1.82, 2.24) is 4.57 Å². The molecule has 0 spiro atoms. The van der Waals surface area contributed by atoms with Crippen molar-refractivity contribution in [3.63, 3.8) is 0 Å². The van der Waals surface area contributed by atoms with Crippen LogP contribution in [-0.4, -0.2) is 10.3 Å². The molecule has 220 valence electrons. The largest absolute Gasteiger partial charge is 0.398 e. The Hall–Kier alpha value is -5.71. The van der Waals surface area contributed by atoms with Crippen LogP contribution in [-0.2, 0) is 7.05 Å². The monoisotopic (exact) mass is 609 g/mol. The summed E-state index contributed by atoms with van der Waals surface area (Å²) in [6, 6.07) is 50.6. The summed E-state index contributed by atoms with van der Waals surface area (Å²) in [6.07, 6.45) is 1.69. The van der Waals surface area contributed by atoms with E-state index in [2.05, 4.69) is 96.5 Å². The SMILES string of the molecule is Cn1c2ccccc2c2c3ccc4c(ccc5sc6ccccc6c54)c3ccc21.N=C(/C=C(\N)c1ccccc1)c1ccccc1. The minimum Gasteiger partial charge on any atom is -0.398 e. The molecule has 9 aromatic rings. The Morgan fingerprint density at radius 2 is 1.09 bits per heavy atom. The van der Waals surface area contributed by atoms with E-state index in [1.165, 1.54) is 63.5 Å². The van der Waals surface area contributed by atoms with Crippen LogP contribution >= 0.6 is 11.3 Å². The first-order valence-corrected chi connectivity index (χ1v) is 16.2. The van der Waals surface area contributed by atoms with Crippen molar-refractivity contribution in [2.24, 2.45) is 12.8 Å². The van der Waals surface area contributed by atoms with Crippen LogP contribution in [0.4, 0.5) is 0 Å². The fraction of sp³-hybridized carbons (Fsp3) is 0.0238. The van der Waals surface area contributed by atoms with Gasteiger partial charge in [-0.3, -0.25) is 0 Å². The number of nitrogens with zero attached hydrogens (tertiary/aromatic N) is 1. The quantitative estimate of drug-likeness (QED) is 0.152. The number of fused-ring (bicyclic) bond motifs is 11. The Kier molecular flexibility index (Phi) is 6.85. The molecule has 9 rings (SSSR count). The smallest absolute Gasteiger partial charge is 0.0632 e. The number of aromatic nitrogens is 1. The van der Waals surface area contributed by atoms with E-state index >= 15 is 0 Å². The van der Waals surface area contributed by atoms with E-state index in [0.717, 1.165) is 11.1 Å². The van der Waals surface area contributed by atoms with Crippen LogP contribution in [0.5, 0.6) is 0 Å². The summed E-state index contributed by atoms with van der Waals surface area (Å²) >= 11 is 1.89. The van der Waals surface area contributed by atoms with Gasteiger partial charge in [0.15, 0.2) is 0 Å². The first-order valence-electron chi connectivity index (χ1n) is 15.4. The van der Waals surface area contributed by atoms with Crippen LogP contribution < -0.4 is 5.73 Å². The molecule has 0 fully saturated rings. The van der Waals surface area contributed by atoms with Gasteiger partial charge in [0.05, 0.1) is 5.71 Å². The number of allylic oxidation sites excluding steroid dienone is 1. The molecule has 0 amide bonds. The normalized spacial score (nSPS) is 11.9. The molecule has 0 aliphatic heterocycles. The molecule has 0 saturated carbocycles. The molecule has 0 unspecified atom stereocenters. The second-order valence-electron chi connectivity index (χ2n) is 11.6. The molecule has 2 heterocycles. The lowest BCUT2D eigenvalue weighted by Crippen LogP contribution is -2.02. The highest BCUT2D eigenvalue weighted by Gasteiger charge is 2.14. The molecule has 46 heavy (non-hydrogen) atoms.